The molecule has 1 fully saturated rings. The van der Waals surface area contributed by atoms with Gasteiger partial charge in [0.2, 0.25) is 5.91 Å². The number of amides is 4. The van der Waals surface area contributed by atoms with Gasteiger partial charge in [-0.25, -0.2) is 9.59 Å². The zero-order valence-corrected chi connectivity index (χ0v) is 18.0. The Morgan fingerprint density at radius 2 is 1.90 bits per heavy atom. The van der Waals surface area contributed by atoms with E-state index in [4.69, 9.17) is 27.9 Å². The molecule has 162 valence electrons. The first-order chi connectivity index (χ1) is 14.8. The third-order valence-electron chi connectivity index (χ3n) is 4.66. The van der Waals surface area contributed by atoms with Crippen molar-refractivity contribution in [2.75, 3.05) is 13.2 Å². The Morgan fingerprint density at radius 3 is 2.58 bits per heavy atom. The van der Waals surface area contributed by atoms with Crippen molar-refractivity contribution in [3.05, 3.63) is 69.2 Å². The van der Waals surface area contributed by atoms with Gasteiger partial charge >= 0.3 is 12.0 Å². The number of imide groups is 1. The molecule has 1 saturated heterocycles. The van der Waals surface area contributed by atoms with Gasteiger partial charge in [0.15, 0.2) is 6.61 Å². The van der Waals surface area contributed by atoms with Crippen LogP contribution in [0.5, 0.6) is 0 Å². The zero-order valence-electron chi connectivity index (χ0n) is 16.5. The van der Waals surface area contributed by atoms with Crippen LogP contribution in [0.4, 0.5) is 4.79 Å². The third-order valence-corrected chi connectivity index (χ3v) is 5.40. The number of esters is 1. The zero-order chi connectivity index (χ0) is 22.5. The molecule has 2 N–H and O–H groups in total. The van der Waals surface area contributed by atoms with Crippen LogP contribution >= 0.6 is 23.2 Å². The minimum Gasteiger partial charge on any atom is -0.452 e. The smallest absolute Gasteiger partial charge is 0.338 e. The minimum absolute atomic E-state index is 0.0729. The largest absolute Gasteiger partial charge is 0.452 e. The Bertz CT molecular complexity index is 1030. The highest BCUT2D eigenvalue weighted by atomic mass is 35.5. The summed E-state index contributed by atoms with van der Waals surface area (Å²) in [5, 5.41) is 5.91. The number of carbonyl (C=O) groups is 4. The number of rotatable bonds is 7. The predicted octanol–water partition coefficient (Wildman–Crippen LogP) is 3.08. The standard InChI is InChI=1S/C21H19Cl2N3O5/c1-12(13-6-7-16(22)17(23)8-13)25-18(27)11-31-20(29)15-5-3-2-4-14(15)10-26-19(28)9-24-21(26)30/h2-8,12H,9-11H2,1H3,(H,24,30)(H,25,27)/t12-/m1/s1. The van der Waals surface area contributed by atoms with Gasteiger partial charge in [0, 0.05) is 0 Å². The summed E-state index contributed by atoms with van der Waals surface area (Å²) in [7, 11) is 0. The molecule has 0 bridgehead atoms. The van der Waals surface area contributed by atoms with Gasteiger partial charge in [-0.1, -0.05) is 47.5 Å². The quantitative estimate of drug-likeness (QED) is 0.484. The number of carbonyl (C=O) groups excluding carboxylic acids is 4. The van der Waals surface area contributed by atoms with Crippen LogP contribution in [0.15, 0.2) is 42.5 Å². The van der Waals surface area contributed by atoms with Crippen LogP contribution in [-0.2, 0) is 20.9 Å². The van der Waals surface area contributed by atoms with E-state index in [1.807, 2.05) is 0 Å². The van der Waals surface area contributed by atoms with E-state index in [-0.39, 0.29) is 30.6 Å². The highest BCUT2D eigenvalue weighted by Gasteiger charge is 2.29. The normalized spacial score (nSPS) is 14.2. The van der Waals surface area contributed by atoms with Gasteiger partial charge in [-0.05, 0) is 36.2 Å². The van der Waals surface area contributed by atoms with E-state index in [0.29, 0.717) is 15.6 Å². The number of benzene rings is 2. The molecule has 1 aliphatic rings. The Kier molecular flexibility index (Phi) is 7.14. The fourth-order valence-corrected chi connectivity index (χ4v) is 3.31. The lowest BCUT2D eigenvalue weighted by atomic mass is 10.1. The molecule has 0 saturated carbocycles. The van der Waals surface area contributed by atoms with E-state index < -0.39 is 24.5 Å². The summed E-state index contributed by atoms with van der Waals surface area (Å²) in [5.41, 5.74) is 1.34. The summed E-state index contributed by atoms with van der Waals surface area (Å²) in [6, 6.07) is 10.5. The van der Waals surface area contributed by atoms with Crippen LogP contribution in [0.3, 0.4) is 0 Å². The maximum atomic E-state index is 12.5. The molecule has 2 aromatic rings. The van der Waals surface area contributed by atoms with Crippen molar-refractivity contribution < 1.29 is 23.9 Å². The van der Waals surface area contributed by atoms with Crippen LogP contribution < -0.4 is 10.6 Å². The molecular weight excluding hydrogens is 445 g/mol. The van der Waals surface area contributed by atoms with Crippen LogP contribution in [0.1, 0.15) is 34.5 Å². The molecule has 4 amide bonds. The van der Waals surface area contributed by atoms with Crippen LogP contribution in [0.2, 0.25) is 10.0 Å². The summed E-state index contributed by atoms with van der Waals surface area (Å²) in [6.07, 6.45) is 0. The molecule has 0 radical (unpaired) electrons. The lowest BCUT2D eigenvalue weighted by Crippen LogP contribution is -2.32. The topological polar surface area (TPSA) is 105 Å². The summed E-state index contributed by atoms with van der Waals surface area (Å²) in [6.45, 7) is 1.10. The van der Waals surface area contributed by atoms with E-state index in [2.05, 4.69) is 10.6 Å². The SMILES string of the molecule is C[C@@H](NC(=O)COC(=O)c1ccccc1CN1C(=O)CNC1=O)c1ccc(Cl)c(Cl)c1. The molecule has 10 heteroatoms. The summed E-state index contributed by atoms with van der Waals surface area (Å²) >= 11 is 11.9. The first kappa shape index (κ1) is 22.6. The van der Waals surface area contributed by atoms with Gasteiger partial charge in [0.05, 0.1) is 34.7 Å². The number of nitrogens with zero attached hydrogens (tertiary/aromatic N) is 1. The van der Waals surface area contributed by atoms with Crippen molar-refractivity contribution in [3.8, 4) is 0 Å². The Hall–Kier alpha value is -3.10. The van der Waals surface area contributed by atoms with E-state index in [0.717, 1.165) is 10.5 Å². The lowest BCUT2D eigenvalue weighted by molar-refractivity contribution is -0.125. The number of halogens is 2. The molecule has 1 atom stereocenters. The molecule has 0 aliphatic carbocycles. The first-order valence-electron chi connectivity index (χ1n) is 9.33. The van der Waals surface area contributed by atoms with Gasteiger partial charge in [0.1, 0.15) is 0 Å². The average Bonchev–Trinajstić information content (AvgIpc) is 3.06. The highest BCUT2D eigenvalue weighted by molar-refractivity contribution is 6.42. The molecule has 8 nitrogen and oxygen atoms in total. The summed E-state index contributed by atoms with van der Waals surface area (Å²) < 4.78 is 5.13. The minimum atomic E-state index is -0.736. The fraction of sp³-hybridized carbons (Fsp3) is 0.238. The average molecular weight is 464 g/mol. The van der Waals surface area contributed by atoms with Crippen molar-refractivity contribution >= 4 is 47.0 Å². The maximum Gasteiger partial charge on any atom is 0.338 e. The highest BCUT2D eigenvalue weighted by Crippen LogP contribution is 2.25. The van der Waals surface area contributed by atoms with E-state index >= 15 is 0 Å². The van der Waals surface area contributed by atoms with Crippen molar-refractivity contribution in [1.29, 1.82) is 0 Å². The fourth-order valence-electron chi connectivity index (χ4n) is 3.00. The molecule has 1 aliphatic heterocycles. The molecule has 2 aromatic carbocycles. The Morgan fingerprint density at radius 1 is 1.16 bits per heavy atom. The second-order valence-corrected chi connectivity index (χ2v) is 7.65. The van der Waals surface area contributed by atoms with Gasteiger partial charge in [-0.15, -0.1) is 0 Å². The van der Waals surface area contributed by atoms with E-state index in [1.54, 1.807) is 43.3 Å². The van der Waals surface area contributed by atoms with E-state index in [9.17, 15) is 19.2 Å². The molecule has 3 rings (SSSR count). The number of urea groups is 1. The molecule has 0 unspecified atom stereocenters. The molecular formula is C21H19Cl2N3O5. The van der Waals surface area contributed by atoms with Crippen LogP contribution in [0, 0.1) is 0 Å². The number of hydrogen-bond acceptors (Lipinski definition) is 5. The number of ether oxygens (including phenoxy) is 1. The third kappa shape index (κ3) is 5.53. The molecule has 0 spiro atoms. The number of hydrogen-bond donors (Lipinski definition) is 2. The van der Waals surface area contributed by atoms with Crippen molar-refractivity contribution in [2.45, 2.75) is 19.5 Å². The maximum absolute atomic E-state index is 12.5. The van der Waals surface area contributed by atoms with Crippen molar-refractivity contribution in [1.82, 2.24) is 15.5 Å². The van der Waals surface area contributed by atoms with Gasteiger partial charge in [0.25, 0.3) is 5.91 Å². The van der Waals surface area contributed by atoms with Crippen molar-refractivity contribution in [3.63, 3.8) is 0 Å². The second-order valence-electron chi connectivity index (χ2n) is 6.83. The summed E-state index contributed by atoms with van der Waals surface area (Å²) in [5.74, 6) is -1.62. The van der Waals surface area contributed by atoms with Crippen molar-refractivity contribution in [2.24, 2.45) is 0 Å². The van der Waals surface area contributed by atoms with Gasteiger partial charge < -0.3 is 15.4 Å². The van der Waals surface area contributed by atoms with Crippen LogP contribution in [-0.4, -0.2) is 41.9 Å². The Balaban J connectivity index is 1.59. The Labute approximate surface area is 188 Å². The second kappa shape index (κ2) is 9.80. The lowest BCUT2D eigenvalue weighted by Gasteiger charge is -2.16. The van der Waals surface area contributed by atoms with E-state index in [1.165, 1.54) is 6.07 Å². The van der Waals surface area contributed by atoms with Gasteiger partial charge in [-0.3, -0.25) is 14.5 Å². The predicted molar refractivity (Wildman–Crippen MR) is 114 cm³/mol. The molecule has 0 aromatic heterocycles. The monoisotopic (exact) mass is 463 g/mol. The molecule has 31 heavy (non-hydrogen) atoms. The number of nitrogens with one attached hydrogen (secondary N) is 2. The first-order valence-corrected chi connectivity index (χ1v) is 10.1. The summed E-state index contributed by atoms with van der Waals surface area (Å²) in [4.78, 5) is 49.3. The van der Waals surface area contributed by atoms with Crippen LogP contribution in [0.25, 0.3) is 0 Å². The van der Waals surface area contributed by atoms with Gasteiger partial charge in [-0.2, -0.15) is 0 Å². The molecule has 1 heterocycles.